The molecule has 2 atom stereocenters. The molecule has 3 heterocycles. The summed E-state index contributed by atoms with van der Waals surface area (Å²) in [4.78, 5) is 44.7. The number of hydrogen-bond donors (Lipinski definition) is 2. The molecule has 3 amide bonds. The topological polar surface area (TPSA) is 94.2 Å². The number of alkyl halides is 3. The van der Waals surface area contributed by atoms with E-state index in [4.69, 9.17) is 4.74 Å². The van der Waals surface area contributed by atoms with Crippen LogP contribution in [0.15, 0.2) is 61.2 Å². The van der Waals surface area contributed by atoms with Crippen LogP contribution < -0.4 is 15.5 Å². The summed E-state index contributed by atoms with van der Waals surface area (Å²) in [6.45, 7) is 8.25. The third kappa shape index (κ3) is 8.47. The first kappa shape index (κ1) is 33.5. The number of ether oxygens (including phenoxy) is 1. The number of nitrogens with zero attached hydrogens (tertiary/aromatic N) is 3. The Morgan fingerprint density at radius 1 is 0.935 bits per heavy atom. The quantitative estimate of drug-likeness (QED) is 0.380. The molecule has 0 radical (unpaired) electrons. The van der Waals surface area contributed by atoms with Gasteiger partial charge in [0.15, 0.2) is 0 Å². The molecule has 2 aromatic rings. The van der Waals surface area contributed by atoms with Crippen LogP contribution in [-0.4, -0.2) is 98.1 Å². The average molecular weight is 642 g/mol. The molecule has 9 nitrogen and oxygen atoms in total. The predicted molar refractivity (Wildman–Crippen MR) is 169 cm³/mol. The monoisotopic (exact) mass is 641 g/mol. The normalized spacial score (nSPS) is 21.2. The molecule has 0 saturated carbocycles. The predicted octanol–water partition coefficient (Wildman–Crippen LogP) is 4.10. The zero-order valence-corrected chi connectivity index (χ0v) is 25.9. The van der Waals surface area contributed by atoms with E-state index in [9.17, 15) is 27.6 Å². The molecule has 3 fully saturated rings. The molecule has 0 spiro atoms. The number of likely N-dealkylation sites (tertiary alicyclic amines) is 2. The van der Waals surface area contributed by atoms with Gasteiger partial charge in [-0.25, -0.2) is 0 Å². The molecule has 0 bridgehead atoms. The molecular formula is C34H42F3N5O4. The molecule has 46 heavy (non-hydrogen) atoms. The number of piperidine rings is 2. The lowest BCUT2D eigenvalue weighted by molar-refractivity contribution is -0.137. The van der Waals surface area contributed by atoms with E-state index in [2.05, 4.69) is 27.0 Å². The summed E-state index contributed by atoms with van der Waals surface area (Å²) in [7, 11) is 0. The van der Waals surface area contributed by atoms with Gasteiger partial charge in [-0.05, 0) is 74.6 Å². The number of carbonyl (C=O) groups is 3. The Morgan fingerprint density at radius 2 is 1.65 bits per heavy atom. The van der Waals surface area contributed by atoms with Crippen LogP contribution in [0.1, 0.15) is 58.4 Å². The van der Waals surface area contributed by atoms with Crippen molar-refractivity contribution >= 4 is 23.4 Å². The number of halogens is 3. The molecule has 0 aromatic heterocycles. The van der Waals surface area contributed by atoms with E-state index in [0.717, 1.165) is 81.3 Å². The second kappa shape index (κ2) is 15.1. The van der Waals surface area contributed by atoms with Gasteiger partial charge in [-0.2, -0.15) is 13.2 Å². The van der Waals surface area contributed by atoms with E-state index in [-0.39, 0.29) is 30.2 Å². The minimum atomic E-state index is -4.57. The van der Waals surface area contributed by atoms with Crippen LogP contribution in [0.2, 0.25) is 0 Å². The second-order valence-electron chi connectivity index (χ2n) is 12.2. The highest BCUT2D eigenvalue weighted by atomic mass is 19.4. The van der Waals surface area contributed by atoms with Crippen LogP contribution in [0, 0.1) is 0 Å². The highest BCUT2D eigenvalue weighted by Gasteiger charge is 2.38. The van der Waals surface area contributed by atoms with Crippen molar-refractivity contribution in [1.82, 2.24) is 20.4 Å². The van der Waals surface area contributed by atoms with E-state index < -0.39 is 23.6 Å². The Morgan fingerprint density at radius 3 is 2.33 bits per heavy atom. The van der Waals surface area contributed by atoms with Crippen molar-refractivity contribution in [3.8, 4) is 0 Å². The molecule has 2 aromatic carbocycles. The number of nitrogens with one attached hydrogen (secondary N) is 2. The first-order valence-electron chi connectivity index (χ1n) is 16.0. The molecule has 0 aliphatic carbocycles. The van der Waals surface area contributed by atoms with E-state index in [0.29, 0.717) is 25.7 Å². The fraction of sp³-hybridized carbons (Fsp3) is 0.500. The summed E-state index contributed by atoms with van der Waals surface area (Å²) in [5.41, 5.74) is 0.725. The van der Waals surface area contributed by atoms with Crippen molar-refractivity contribution in [2.24, 2.45) is 0 Å². The van der Waals surface area contributed by atoms with Gasteiger partial charge in [0.05, 0.1) is 30.9 Å². The number of carbonyl (C=O) groups excluding carboxylic acids is 3. The van der Waals surface area contributed by atoms with Gasteiger partial charge in [-0.1, -0.05) is 12.1 Å². The highest BCUT2D eigenvalue weighted by Crippen LogP contribution is 2.30. The van der Waals surface area contributed by atoms with Crippen LogP contribution in [0.3, 0.4) is 0 Å². The maximum absolute atomic E-state index is 13.0. The van der Waals surface area contributed by atoms with Crippen LogP contribution in [0.25, 0.3) is 0 Å². The van der Waals surface area contributed by atoms with Crippen molar-refractivity contribution in [3.05, 3.63) is 77.9 Å². The van der Waals surface area contributed by atoms with Gasteiger partial charge >= 0.3 is 6.18 Å². The van der Waals surface area contributed by atoms with Crippen molar-refractivity contribution in [2.45, 2.75) is 56.5 Å². The van der Waals surface area contributed by atoms with Crippen LogP contribution >= 0.6 is 0 Å². The Kier molecular flexibility index (Phi) is 11.0. The highest BCUT2D eigenvalue weighted by molar-refractivity contribution is 5.96. The number of hydrogen-bond acceptors (Lipinski definition) is 6. The molecule has 3 aliphatic rings. The average Bonchev–Trinajstić information content (AvgIpc) is 3.48. The largest absolute Gasteiger partial charge is 0.416 e. The van der Waals surface area contributed by atoms with Crippen molar-refractivity contribution < 1.29 is 32.3 Å². The Balaban J connectivity index is 1.11. The molecule has 3 saturated heterocycles. The minimum Gasteiger partial charge on any atom is -0.371 e. The number of rotatable bonds is 10. The number of anilines is 1. The second-order valence-corrected chi connectivity index (χ2v) is 12.2. The lowest BCUT2D eigenvalue weighted by Crippen LogP contribution is -2.48. The van der Waals surface area contributed by atoms with E-state index in [1.807, 2.05) is 29.2 Å². The zero-order chi connectivity index (χ0) is 32.7. The fourth-order valence-corrected chi connectivity index (χ4v) is 6.54. The zero-order valence-electron chi connectivity index (χ0n) is 25.9. The SMILES string of the molecule is C=CCO[C@H]1CN(C2CCN(c3ccc(C(=O)N4CCCCC4)cc3)CC2)C[C@@H]1NC(=O)CNC(=O)c1cccc(C(F)(F)F)c1. The molecule has 3 aliphatic heterocycles. The lowest BCUT2D eigenvalue weighted by atomic mass is 10.0. The molecule has 248 valence electrons. The Bertz CT molecular complexity index is 1370. The van der Waals surface area contributed by atoms with Gasteiger partial charge in [-0.3, -0.25) is 19.3 Å². The first-order chi connectivity index (χ1) is 22.1. The van der Waals surface area contributed by atoms with Crippen LogP contribution in [0.4, 0.5) is 18.9 Å². The van der Waals surface area contributed by atoms with E-state index >= 15 is 0 Å². The maximum atomic E-state index is 13.0. The summed E-state index contributed by atoms with van der Waals surface area (Å²) in [6, 6.07) is 12.0. The summed E-state index contributed by atoms with van der Waals surface area (Å²) in [5, 5.41) is 5.36. The van der Waals surface area contributed by atoms with Gasteiger partial charge in [0.25, 0.3) is 11.8 Å². The summed E-state index contributed by atoms with van der Waals surface area (Å²) >= 11 is 0. The van der Waals surface area contributed by atoms with Crippen LogP contribution in [-0.2, 0) is 15.7 Å². The van der Waals surface area contributed by atoms with Gasteiger partial charge in [0.1, 0.15) is 0 Å². The third-order valence-corrected chi connectivity index (χ3v) is 9.03. The van der Waals surface area contributed by atoms with Crippen molar-refractivity contribution in [3.63, 3.8) is 0 Å². The molecule has 0 unspecified atom stereocenters. The fourth-order valence-electron chi connectivity index (χ4n) is 6.54. The molecule has 12 heteroatoms. The number of benzene rings is 2. The summed E-state index contributed by atoms with van der Waals surface area (Å²) in [5.74, 6) is -1.10. The molecular weight excluding hydrogens is 599 g/mol. The lowest BCUT2D eigenvalue weighted by Gasteiger charge is -2.38. The van der Waals surface area contributed by atoms with Gasteiger partial charge < -0.3 is 25.2 Å². The van der Waals surface area contributed by atoms with Crippen LogP contribution in [0.5, 0.6) is 0 Å². The van der Waals surface area contributed by atoms with Crippen molar-refractivity contribution in [1.29, 1.82) is 0 Å². The Labute approximate surface area is 267 Å². The van der Waals surface area contributed by atoms with E-state index in [1.54, 1.807) is 6.08 Å². The molecule has 5 rings (SSSR count). The summed E-state index contributed by atoms with van der Waals surface area (Å²) < 4.78 is 45.0. The Hall–Kier alpha value is -3.90. The van der Waals surface area contributed by atoms with Gasteiger partial charge in [-0.15, -0.1) is 6.58 Å². The minimum absolute atomic E-state index is 0.104. The first-order valence-corrected chi connectivity index (χ1v) is 16.0. The van der Waals surface area contributed by atoms with Crippen molar-refractivity contribution in [2.75, 3.05) is 57.3 Å². The standard InChI is InChI=1S/C34H42F3N5O4/c1-2-19-46-30-23-42(22-29(30)39-31(43)21-38-32(44)25-7-6-8-26(20-25)34(35,36)37)28-13-17-40(18-14-28)27-11-9-24(10-12-27)33(45)41-15-4-3-5-16-41/h2,6-12,20,28-30H,1,3-5,13-19,21-23H2,(H,38,44)(H,39,43)/t29-,30-/m0/s1. The maximum Gasteiger partial charge on any atom is 0.416 e. The van der Waals surface area contributed by atoms with E-state index in [1.165, 1.54) is 12.5 Å². The van der Waals surface area contributed by atoms with Gasteiger partial charge in [0, 0.05) is 62.1 Å². The molecule has 2 N–H and O–H groups in total. The smallest absolute Gasteiger partial charge is 0.371 e. The summed E-state index contributed by atoms with van der Waals surface area (Å²) in [6.07, 6.45) is 1.97. The third-order valence-electron chi connectivity index (χ3n) is 9.03. The van der Waals surface area contributed by atoms with Gasteiger partial charge in [0.2, 0.25) is 5.91 Å². The number of amides is 3.